The van der Waals surface area contributed by atoms with E-state index in [-0.39, 0.29) is 5.91 Å². The molecule has 0 aromatic heterocycles. The molecule has 1 unspecified atom stereocenters. The third-order valence-corrected chi connectivity index (χ3v) is 2.25. The monoisotopic (exact) mass is 222 g/mol. The van der Waals surface area contributed by atoms with Gasteiger partial charge in [-0.15, -0.1) is 0 Å². The van der Waals surface area contributed by atoms with Crippen LogP contribution in [0.3, 0.4) is 0 Å². The minimum atomic E-state index is -1.42. The molecule has 3 heteroatoms. The van der Waals surface area contributed by atoms with Crippen molar-refractivity contribution < 1.29 is 9.18 Å². The molecule has 1 radical (unpaired) electrons. The molecule has 0 saturated carbocycles. The molecule has 1 N–H and O–H groups in total. The van der Waals surface area contributed by atoms with E-state index >= 15 is 0 Å². The maximum atomic E-state index is 13.5. The van der Waals surface area contributed by atoms with E-state index in [1.807, 2.05) is 13.0 Å². The molecule has 0 bridgehead atoms. The molecule has 1 rings (SSSR count). The van der Waals surface area contributed by atoms with Crippen LogP contribution in [-0.4, -0.2) is 5.91 Å². The van der Waals surface area contributed by atoms with E-state index in [9.17, 15) is 9.18 Å². The largest absolute Gasteiger partial charge is 0.322 e. The van der Waals surface area contributed by atoms with Crippen molar-refractivity contribution in [1.29, 1.82) is 0 Å². The fourth-order valence-electron chi connectivity index (χ4n) is 1.33. The van der Waals surface area contributed by atoms with E-state index in [4.69, 9.17) is 0 Å². The SMILES string of the molecule is CCCC[CH]C(=O)NC(F)c1ccccc1. The molecular formula is C13H17FNO. The quantitative estimate of drug-likeness (QED) is 0.581. The Balaban J connectivity index is 2.34. The Morgan fingerprint density at radius 2 is 2.12 bits per heavy atom. The molecule has 1 aromatic rings. The summed E-state index contributed by atoms with van der Waals surface area (Å²) in [6.45, 7) is 2.05. The maximum absolute atomic E-state index is 13.5. The van der Waals surface area contributed by atoms with Gasteiger partial charge in [-0.05, 0) is 6.42 Å². The molecule has 2 nitrogen and oxygen atoms in total. The van der Waals surface area contributed by atoms with Gasteiger partial charge in [-0.1, -0.05) is 50.1 Å². The highest BCUT2D eigenvalue weighted by molar-refractivity contribution is 5.84. The molecule has 0 heterocycles. The summed E-state index contributed by atoms with van der Waals surface area (Å²) in [4.78, 5) is 11.3. The molecule has 0 aliphatic carbocycles. The highest BCUT2D eigenvalue weighted by Gasteiger charge is 2.11. The molecule has 0 aliphatic heterocycles. The summed E-state index contributed by atoms with van der Waals surface area (Å²) in [6, 6.07) is 8.60. The van der Waals surface area contributed by atoms with Gasteiger partial charge >= 0.3 is 0 Å². The summed E-state index contributed by atoms with van der Waals surface area (Å²) in [6.07, 6.45) is 2.76. The molecule has 1 aromatic carbocycles. The van der Waals surface area contributed by atoms with Gasteiger partial charge < -0.3 is 5.32 Å². The summed E-state index contributed by atoms with van der Waals surface area (Å²) in [5, 5.41) is 2.29. The number of carbonyl (C=O) groups excluding carboxylic acids is 1. The minimum Gasteiger partial charge on any atom is -0.322 e. The number of alkyl halides is 1. The van der Waals surface area contributed by atoms with Crippen LogP contribution in [0, 0.1) is 6.42 Å². The summed E-state index contributed by atoms with van der Waals surface area (Å²) >= 11 is 0. The van der Waals surface area contributed by atoms with Crippen molar-refractivity contribution in [3.63, 3.8) is 0 Å². The zero-order chi connectivity index (χ0) is 11.8. The van der Waals surface area contributed by atoms with Crippen molar-refractivity contribution in [3.8, 4) is 0 Å². The third kappa shape index (κ3) is 4.43. The van der Waals surface area contributed by atoms with Crippen molar-refractivity contribution in [1.82, 2.24) is 5.32 Å². The Labute approximate surface area is 95.9 Å². The highest BCUT2D eigenvalue weighted by Crippen LogP contribution is 2.13. The number of hydrogen-bond acceptors (Lipinski definition) is 1. The van der Waals surface area contributed by atoms with E-state index in [1.165, 1.54) is 6.42 Å². The van der Waals surface area contributed by atoms with Crippen LogP contribution in [0.2, 0.25) is 0 Å². The lowest BCUT2D eigenvalue weighted by Crippen LogP contribution is -2.25. The van der Waals surface area contributed by atoms with Gasteiger partial charge in [-0.3, -0.25) is 4.79 Å². The molecule has 1 amide bonds. The second-order valence-corrected chi connectivity index (χ2v) is 3.63. The van der Waals surface area contributed by atoms with Gasteiger partial charge in [0.05, 0.1) is 0 Å². The first-order chi connectivity index (χ1) is 7.74. The molecule has 87 valence electrons. The van der Waals surface area contributed by atoms with Crippen LogP contribution in [0.1, 0.15) is 38.0 Å². The number of unbranched alkanes of at least 4 members (excludes halogenated alkanes) is 2. The van der Waals surface area contributed by atoms with Gasteiger partial charge in [0.2, 0.25) is 5.91 Å². The Morgan fingerprint density at radius 3 is 2.75 bits per heavy atom. The molecule has 1 atom stereocenters. The second kappa shape index (κ2) is 6.99. The normalized spacial score (nSPS) is 12.1. The fourth-order valence-corrected chi connectivity index (χ4v) is 1.33. The highest BCUT2D eigenvalue weighted by atomic mass is 19.1. The molecular weight excluding hydrogens is 205 g/mol. The van der Waals surface area contributed by atoms with Gasteiger partial charge in [0.1, 0.15) is 0 Å². The van der Waals surface area contributed by atoms with Crippen molar-refractivity contribution in [2.75, 3.05) is 0 Å². The average molecular weight is 222 g/mol. The lowest BCUT2D eigenvalue weighted by atomic mass is 10.2. The standard InChI is InChI=1S/C13H17FNO/c1-2-3-5-10-12(16)15-13(14)11-8-6-4-7-9-11/h4,6-10,13H,2-3,5H2,1H3,(H,15,16). The fraction of sp³-hybridized carbons (Fsp3) is 0.385. The minimum absolute atomic E-state index is 0.343. The van der Waals surface area contributed by atoms with Gasteiger partial charge in [-0.2, -0.15) is 0 Å². The Bertz CT molecular complexity index is 313. The van der Waals surface area contributed by atoms with E-state index < -0.39 is 6.30 Å². The zero-order valence-electron chi connectivity index (χ0n) is 9.45. The summed E-state index contributed by atoms with van der Waals surface area (Å²) < 4.78 is 13.5. The summed E-state index contributed by atoms with van der Waals surface area (Å²) in [7, 11) is 0. The van der Waals surface area contributed by atoms with Crippen LogP contribution < -0.4 is 5.32 Å². The molecule has 0 spiro atoms. The van der Waals surface area contributed by atoms with Crippen molar-refractivity contribution in [3.05, 3.63) is 42.3 Å². The number of rotatable bonds is 6. The Morgan fingerprint density at radius 1 is 1.44 bits per heavy atom. The topological polar surface area (TPSA) is 29.1 Å². The predicted molar refractivity (Wildman–Crippen MR) is 62.3 cm³/mol. The lowest BCUT2D eigenvalue weighted by molar-refractivity contribution is -0.119. The van der Waals surface area contributed by atoms with Crippen LogP contribution in [0.5, 0.6) is 0 Å². The first-order valence-electron chi connectivity index (χ1n) is 5.56. The van der Waals surface area contributed by atoms with E-state index in [0.717, 1.165) is 12.8 Å². The first kappa shape index (κ1) is 12.7. The van der Waals surface area contributed by atoms with Gasteiger partial charge in [-0.25, -0.2) is 4.39 Å². The first-order valence-corrected chi connectivity index (χ1v) is 5.56. The average Bonchev–Trinajstić information content (AvgIpc) is 2.30. The third-order valence-electron chi connectivity index (χ3n) is 2.25. The predicted octanol–water partition coefficient (Wildman–Crippen LogP) is 3.17. The van der Waals surface area contributed by atoms with Crippen molar-refractivity contribution in [2.45, 2.75) is 32.5 Å². The summed E-state index contributed by atoms with van der Waals surface area (Å²) in [5.74, 6) is -0.343. The molecule has 0 fully saturated rings. The number of nitrogens with one attached hydrogen (secondary N) is 1. The number of hydrogen-bond donors (Lipinski definition) is 1. The number of carbonyl (C=O) groups is 1. The van der Waals surface area contributed by atoms with E-state index in [0.29, 0.717) is 12.0 Å². The maximum Gasteiger partial charge on any atom is 0.226 e. The van der Waals surface area contributed by atoms with Gasteiger partial charge in [0, 0.05) is 12.0 Å². The Hall–Kier alpha value is -1.38. The van der Waals surface area contributed by atoms with Crippen molar-refractivity contribution >= 4 is 5.91 Å². The number of amides is 1. The van der Waals surface area contributed by atoms with Crippen LogP contribution in [-0.2, 0) is 4.79 Å². The molecule has 0 saturated heterocycles. The second-order valence-electron chi connectivity index (χ2n) is 3.63. The van der Waals surface area contributed by atoms with E-state index in [1.54, 1.807) is 24.3 Å². The van der Waals surface area contributed by atoms with Crippen LogP contribution in [0.4, 0.5) is 4.39 Å². The van der Waals surface area contributed by atoms with E-state index in [2.05, 4.69) is 5.32 Å². The Kier molecular flexibility index (Phi) is 5.54. The van der Waals surface area contributed by atoms with Gasteiger partial charge in [0.25, 0.3) is 0 Å². The smallest absolute Gasteiger partial charge is 0.226 e. The number of benzene rings is 1. The summed E-state index contributed by atoms with van der Waals surface area (Å²) in [5.41, 5.74) is 0.472. The zero-order valence-corrected chi connectivity index (χ0v) is 9.45. The van der Waals surface area contributed by atoms with Crippen LogP contribution in [0.25, 0.3) is 0 Å². The van der Waals surface area contributed by atoms with Crippen molar-refractivity contribution in [2.24, 2.45) is 0 Å². The molecule has 16 heavy (non-hydrogen) atoms. The van der Waals surface area contributed by atoms with Crippen LogP contribution in [0.15, 0.2) is 30.3 Å². The van der Waals surface area contributed by atoms with Crippen LogP contribution >= 0.6 is 0 Å². The molecule has 0 aliphatic rings. The van der Waals surface area contributed by atoms with Gasteiger partial charge in [0.15, 0.2) is 6.30 Å². The number of halogens is 1. The lowest BCUT2D eigenvalue weighted by Gasteiger charge is -2.10.